The van der Waals surface area contributed by atoms with Crippen molar-refractivity contribution in [3.8, 4) is 78.4 Å². The summed E-state index contributed by atoms with van der Waals surface area (Å²) < 4.78 is 0. The molecule has 0 bridgehead atoms. The molecule has 0 saturated carbocycles. The Kier molecular flexibility index (Phi) is 13.6. The molecule has 7 aromatic carbocycles. The third-order valence-corrected chi connectivity index (χ3v) is 12.7. The SMILES string of the molecule is [Ir].[c-]1cc(CCc2cc(CCc3c[c-]c(-c4ccccn4)cc3)cc(-c3ccccc3-c3cnc(-c4ccc5ccccc5n4)cc3-c3ccc(-c4ccccc4)cc3)c2)ccc1-c1ccccn1. The van der Waals surface area contributed by atoms with Crippen LogP contribution in [0.5, 0.6) is 0 Å². The Morgan fingerprint density at radius 1 is 0.333 bits per heavy atom. The molecule has 0 N–H and O–H groups in total. The first kappa shape index (κ1) is 44.9. The van der Waals surface area contributed by atoms with E-state index in [1.165, 1.54) is 38.9 Å². The minimum absolute atomic E-state index is 0. The van der Waals surface area contributed by atoms with Crippen molar-refractivity contribution in [3.05, 3.63) is 265 Å². The van der Waals surface area contributed by atoms with Crippen molar-refractivity contribution < 1.29 is 20.1 Å². The zero-order chi connectivity index (χ0) is 45.5. The van der Waals surface area contributed by atoms with Crippen molar-refractivity contribution in [1.82, 2.24) is 19.9 Å². The number of para-hydroxylation sites is 1. The van der Waals surface area contributed by atoms with Crippen LogP contribution < -0.4 is 0 Å². The first-order chi connectivity index (χ1) is 33.7. The quantitative estimate of drug-likeness (QED) is 0.108. The summed E-state index contributed by atoms with van der Waals surface area (Å²) in [6.45, 7) is 0. The van der Waals surface area contributed by atoms with Gasteiger partial charge >= 0.3 is 0 Å². The second-order valence-corrected chi connectivity index (χ2v) is 17.2. The molecular formula is C64H46IrN4-2. The Bertz CT molecular complexity index is 3360. The molecule has 0 aliphatic carbocycles. The predicted octanol–water partition coefficient (Wildman–Crippen LogP) is 15.3. The van der Waals surface area contributed by atoms with Gasteiger partial charge in [0.15, 0.2) is 0 Å². The molecule has 0 amide bonds. The summed E-state index contributed by atoms with van der Waals surface area (Å²) in [7, 11) is 0. The van der Waals surface area contributed by atoms with E-state index in [0.29, 0.717) is 0 Å². The number of nitrogens with zero attached hydrogens (tertiary/aromatic N) is 4. The van der Waals surface area contributed by atoms with Gasteiger partial charge in [-0.1, -0.05) is 158 Å². The van der Waals surface area contributed by atoms with Crippen LogP contribution in [-0.2, 0) is 45.8 Å². The minimum Gasteiger partial charge on any atom is -0.305 e. The fourth-order valence-electron chi connectivity index (χ4n) is 9.07. The average molecular weight is 1060 g/mol. The molecule has 0 atom stereocenters. The molecule has 5 heteroatoms. The molecule has 69 heavy (non-hydrogen) atoms. The molecule has 11 aromatic rings. The Labute approximate surface area is 417 Å². The zero-order valence-electron chi connectivity index (χ0n) is 37.9. The predicted molar refractivity (Wildman–Crippen MR) is 279 cm³/mol. The van der Waals surface area contributed by atoms with E-state index in [0.717, 1.165) is 98.3 Å². The maximum atomic E-state index is 5.15. The van der Waals surface area contributed by atoms with Gasteiger partial charge in [0, 0.05) is 49.6 Å². The summed E-state index contributed by atoms with van der Waals surface area (Å²) >= 11 is 0. The number of hydrogen-bond donors (Lipinski definition) is 0. The molecular weight excluding hydrogens is 1020 g/mol. The van der Waals surface area contributed by atoms with Crippen LogP contribution in [0.25, 0.3) is 89.3 Å². The number of hydrogen-bond acceptors (Lipinski definition) is 4. The molecule has 0 saturated heterocycles. The second-order valence-electron chi connectivity index (χ2n) is 17.2. The summed E-state index contributed by atoms with van der Waals surface area (Å²) in [6.07, 6.45) is 9.27. The number of pyridine rings is 4. The second kappa shape index (κ2) is 20.9. The van der Waals surface area contributed by atoms with Crippen LogP contribution in [0, 0.1) is 12.1 Å². The van der Waals surface area contributed by atoms with Crippen molar-refractivity contribution in [1.29, 1.82) is 0 Å². The number of fused-ring (bicyclic) bond motifs is 1. The Balaban J connectivity index is 0.00000553. The molecule has 4 aromatic heterocycles. The molecule has 0 unspecified atom stereocenters. The normalized spacial score (nSPS) is 11.0. The molecule has 4 heterocycles. The molecule has 0 aliphatic rings. The van der Waals surface area contributed by atoms with Gasteiger partial charge in [0.05, 0.1) is 16.9 Å². The van der Waals surface area contributed by atoms with Crippen molar-refractivity contribution >= 4 is 10.9 Å². The van der Waals surface area contributed by atoms with Gasteiger partial charge in [-0.25, -0.2) is 4.98 Å². The molecule has 4 nitrogen and oxygen atoms in total. The van der Waals surface area contributed by atoms with Gasteiger partial charge in [0.1, 0.15) is 0 Å². The number of rotatable bonds is 13. The van der Waals surface area contributed by atoms with Crippen LogP contribution in [0.15, 0.2) is 231 Å². The molecule has 0 spiro atoms. The summed E-state index contributed by atoms with van der Waals surface area (Å²) in [6, 6.07) is 82.0. The monoisotopic (exact) mass is 1060 g/mol. The van der Waals surface area contributed by atoms with Gasteiger partial charge in [0.25, 0.3) is 0 Å². The van der Waals surface area contributed by atoms with E-state index >= 15 is 0 Å². The summed E-state index contributed by atoms with van der Waals surface area (Å²) in [5.41, 5.74) is 20.7. The number of aromatic nitrogens is 4. The van der Waals surface area contributed by atoms with Gasteiger partial charge in [-0.3, -0.25) is 4.98 Å². The fraction of sp³-hybridized carbons (Fsp3) is 0.0625. The van der Waals surface area contributed by atoms with Crippen LogP contribution in [0.2, 0.25) is 0 Å². The van der Waals surface area contributed by atoms with Crippen LogP contribution in [0.3, 0.4) is 0 Å². The fourth-order valence-corrected chi connectivity index (χ4v) is 9.07. The Morgan fingerprint density at radius 2 is 0.899 bits per heavy atom. The third kappa shape index (κ3) is 10.3. The molecule has 0 aliphatic heterocycles. The van der Waals surface area contributed by atoms with Crippen molar-refractivity contribution in [3.63, 3.8) is 0 Å². The van der Waals surface area contributed by atoms with E-state index in [2.05, 4.69) is 186 Å². The van der Waals surface area contributed by atoms with Crippen molar-refractivity contribution in [2.45, 2.75) is 25.7 Å². The Morgan fingerprint density at radius 3 is 1.52 bits per heavy atom. The van der Waals surface area contributed by atoms with Gasteiger partial charge in [-0.05, 0) is 105 Å². The van der Waals surface area contributed by atoms with Crippen molar-refractivity contribution in [2.75, 3.05) is 0 Å². The van der Waals surface area contributed by atoms with Gasteiger partial charge in [-0.15, -0.1) is 70.8 Å². The van der Waals surface area contributed by atoms with Crippen LogP contribution in [-0.4, -0.2) is 19.9 Å². The van der Waals surface area contributed by atoms with E-state index < -0.39 is 0 Å². The smallest absolute Gasteiger partial charge is 0.0894 e. The maximum Gasteiger partial charge on any atom is 0.0894 e. The molecule has 0 fully saturated rings. The first-order valence-electron chi connectivity index (χ1n) is 23.3. The summed E-state index contributed by atoms with van der Waals surface area (Å²) in [5.74, 6) is 0. The van der Waals surface area contributed by atoms with Crippen molar-refractivity contribution in [2.24, 2.45) is 0 Å². The van der Waals surface area contributed by atoms with E-state index in [1.807, 2.05) is 67.1 Å². The summed E-state index contributed by atoms with van der Waals surface area (Å²) in [5, 5.41) is 1.11. The minimum atomic E-state index is 0. The Hall–Kier alpha value is -7.95. The van der Waals surface area contributed by atoms with Gasteiger partial charge in [0.2, 0.25) is 0 Å². The van der Waals surface area contributed by atoms with E-state index in [4.69, 9.17) is 9.97 Å². The average Bonchev–Trinajstić information content (AvgIpc) is 3.42. The number of aryl methyl sites for hydroxylation is 4. The van der Waals surface area contributed by atoms with E-state index in [-0.39, 0.29) is 20.1 Å². The van der Waals surface area contributed by atoms with Crippen LogP contribution >= 0.6 is 0 Å². The maximum absolute atomic E-state index is 5.15. The standard InChI is InChI=1S/C64H46N4.Ir/c1-2-12-49(13-3-1)50-32-34-51(35-33-50)58-43-64(63-37-36-52-14-4-7-19-62(52)68-63)67-44-59(58)57-16-6-5-15-56(57)55-41-47(22-20-45-24-28-53(29-25-45)60-17-8-10-38-65-60)40-48(42-55)23-21-46-26-30-54(31-27-46)61-18-9-11-39-66-61;/h1-19,24-28,30,32-44H,20-23H2;/q-2;. The molecule has 1 radical (unpaired) electrons. The van der Waals surface area contributed by atoms with Crippen LogP contribution in [0.1, 0.15) is 22.3 Å². The van der Waals surface area contributed by atoms with Crippen LogP contribution in [0.4, 0.5) is 0 Å². The third-order valence-electron chi connectivity index (χ3n) is 12.7. The van der Waals surface area contributed by atoms with Gasteiger partial charge in [-0.2, -0.15) is 0 Å². The van der Waals surface area contributed by atoms with Gasteiger partial charge < -0.3 is 9.97 Å². The zero-order valence-corrected chi connectivity index (χ0v) is 40.3. The topological polar surface area (TPSA) is 51.6 Å². The number of benzene rings is 7. The first-order valence-corrected chi connectivity index (χ1v) is 23.3. The molecule has 333 valence electrons. The van der Waals surface area contributed by atoms with E-state index in [9.17, 15) is 0 Å². The summed E-state index contributed by atoms with van der Waals surface area (Å²) in [4.78, 5) is 19.3. The van der Waals surface area contributed by atoms with E-state index in [1.54, 1.807) is 0 Å². The molecule has 11 rings (SSSR count). The largest absolute Gasteiger partial charge is 0.305 e.